The van der Waals surface area contributed by atoms with Crippen LogP contribution in [-0.2, 0) is 19.4 Å². The molecule has 0 saturated heterocycles. The van der Waals surface area contributed by atoms with Gasteiger partial charge in [0.15, 0.2) is 5.96 Å². The highest BCUT2D eigenvalue weighted by molar-refractivity contribution is 14.0. The molecule has 0 aliphatic heterocycles. The number of nitrogens with one attached hydrogen (secondary N) is 2. The van der Waals surface area contributed by atoms with Gasteiger partial charge < -0.3 is 15.4 Å². The Morgan fingerprint density at radius 3 is 2.73 bits per heavy atom. The Hall–Kier alpha value is -1.49. The number of rotatable bonds is 8. The van der Waals surface area contributed by atoms with E-state index < -0.39 is 6.61 Å². The van der Waals surface area contributed by atoms with Crippen LogP contribution in [0.15, 0.2) is 35.5 Å². The lowest BCUT2D eigenvalue weighted by Gasteiger charge is -2.14. The Morgan fingerprint density at radius 1 is 1.31 bits per heavy atom. The average Bonchev–Trinajstić information content (AvgIpc) is 3.06. The Balaban J connectivity index is 0.00000338. The minimum Gasteiger partial charge on any atom is -0.434 e. The first kappa shape index (κ1) is 22.6. The van der Waals surface area contributed by atoms with Crippen LogP contribution in [0.1, 0.15) is 22.4 Å². The first-order chi connectivity index (χ1) is 12.1. The van der Waals surface area contributed by atoms with E-state index in [1.807, 2.05) is 6.20 Å². The van der Waals surface area contributed by atoms with Gasteiger partial charge in [-0.1, -0.05) is 25.1 Å². The number of thiazole rings is 1. The molecule has 1 aromatic heterocycles. The van der Waals surface area contributed by atoms with Crippen LogP contribution in [-0.4, -0.2) is 31.1 Å². The van der Waals surface area contributed by atoms with Crippen molar-refractivity contribution in [3.05, 3.63) is 45.9 Å². The van der Waals surface area contributed by atoms with Crippen LogP contribution < -0.4 is 15.4 Å². The Morgan fingerprint density at radius 2 is 2.08 bits per heavy atom. The van der Waals surface area contributed by atoms with Crippen molar-refractivity contribution >= 4 is 41.3 Å². The molecule has 2 aromatic rings. The molecule has 144 valence electrons. The highest BCUT2D eigenvalue weighted by atomic mass is 127. The molecular weight excluding hydrogens is 473 g/mol. The molecule has 0 radical (unpaired) electrons. The molecule has 2 N–H and O–H groups in total. The third-order valence-corrected chi connectivity index (χ3v) is 4.64. The minimum absolute atomic E-state index is 0. The van der Waals surface area contributed by atoms with E-state index in [1.165, 1.54) is 10.9 Å². The Labute approximate surface area is 173 Å². The van der Waals surface area contributed by atoms with Crippen LogP contribution in [0.5, 0.6) is 5.75 Å². The van der Waals surface area contributed by atoms with Crippen LogP contribution >= 0.6 is 35.3 Å². The van der Waals surface area contributed by atoms with Gasteiger partial charge in [0.25, 0.3) is 0 Å². The summed E-state index contributed by atoms with van der Waals surface area (Å²) in [6.45, 7) is 0.285. The van der Waals surface area contributed by atoms with Crippen molar-refractivity contribution in [1.82, 2.24) is 15.6 Å². The summed E-state index contributed by atoms with van der Waals surface area (Å²) in [7, 11) is 1.66. The summed E-state index contributed by atoms with van der Waals surface area (Å²) < 4.78 is 29.4. The Bertz CT molecular complexity index is 697. The van der Waals surface area contributed by atoms with E-state index in [4.69, 9.17) is 0 Å². The van der Waals surface area contributed by atoms with Crippen LogP contribution in [0.25, 0.3) is 0 Å². The zero-order valence-electron chi connectivity index (χ0n) is 14.7. The molecule has 0 fully saturated rings. The number of alkyl halides is 2. The summed E-state index contributed by atoms with van der Waals surface area (Å²) in [6, 6.07) is 6.69. The van der Waals surface area contributed by atoms with Crippen molar-refractivity contribution in [2.24, 2.45) is 4.99 Å². The summed E-state index contributed by atoms with van der Waals surface area (Å²) in [6.07, 6.45) is 3.71. The minimum atomic E-state index is -2.84. The average molecular weight is 496 g/mol. The number of ether oxygens (including phenoxy) is 1. The monoisotopic (exact) mass is 496 g/mol. The molecule has 0 spiro atoms. The number of hydrogen-bond donors (Lipinski definition) is 2. The summed E-state index contributed by atoms with van der Waals surface area (Å²) >= 11 is 1.71. The molecular formula is C17H23F2IN4OS. The van der Waals surface area contributed by atoms with Crippen LogP contribution in [0.2, 0.25) is 0 Å². The van der Waals surface area contributed by atoms with Gasteiger partial charge in [-0.05, 0) is 12.5 Å². The van der Waals surface area contributed by atoms with E-state index in [2.05, 4.69) is 32.3 Å². The zero-order valence-corrected chi connectivity index (χ0v) is 17.8. The lowest BCUT2D eigenvalue weighted by atomic mass is 10.2. The first-order valence-electron chi connectivity index (χ1n) is 8.03. The number of aliphatic imine (C=N–C) groups is 1. The van der Waals surface area contributed by atoms with E-state index in [-0.39, 0.29) is 29.7 Å². The highest BCUT2D eigenvalue weighted by Crippen LogP contribution is 2.19. The normalized spacial score (nSPS) is 11.2. The van der Waals surface area contributed by atoms with Gasteiger partial charge >= 0.3 is 6.61 Å². The molecule has 0 saturated carbocycles. The number of hydrogen-bond acceptors (Lipinski definition) is 4. The maximum atomic E-state index is 12.4. The molecule has 0 aliphatic carbocycles. The molecule has 2 rings (SSSR count). The van der Waals surface area contributed by atoms with E-state index in [0.717, 1.165) is 17.8 Å². The number of nitrogens with zero attached hydrogens (tertiary/aromatic N) is 2. The van der Waals surface area contributed by atoms with Gasteiger partial charge in [0, 0.05) is 43.2 Å². The highest BCUT2D eigenvalue weighted by Gasteiger charge is 2.09. The molecule has 0 amide bonds. The second-order valence-corrected chi connectivity index (χ2v) is 6.36. The SMILES string of the molecule is CCc1cnc(CCNC(=NC)NCc2ccccc2OC(F)F)s1.I. The third-order valence-electron chi connectivity index (χ3n) is 3.44. The fourth-order valence-electron chi connectivity index (χ4n) is 2.18. The quantitative estimate of drug-likeness (QED) is 0.332. The van der Waals surface area contributed by atoms with Crippen molar-refractivity contribution < 1.29 is 13.5 Å². The molecule has 5 nitrogen and oxygen atoms in total. The van der Waals surface area contributed by atoms with Gasteiger partial charge in [-0.25, -0.2) is 4.98 Å². The molecule has 1 aromatic carbocycles. The van der Waals surface area contributed by atoms with Crippen molar-refractivity contribution in [2.75, 3.05) is 13.6 Å². The zero-order chi connectivity index (χ0) is 18.1. The third kappa shape index (κ3) is 7.40. The summed E-state index contributed by atoms with van der Waals surface area (Å²) in [4.78, 5) is 9.78. The Kier molecular flexibility index (Phi) is 10.4. The number of para-hydroxylation sites is 1. The summed E-state index contributed by atoms with van der Waals surface area (Å²) in [5.41, 5.74) is 0.637. The molecule has 0 aliphatic rings. The molecule has 1 heterocycles. The van der Waals surface area contributed by atoms with Crippen molar-refractivity contribution in [1.29, 1.82) is 0 Å². The lowest BCUT2D eigenvalue weighted by molar-refractivity contribution is -0.0504. The van der Waals surface area contributed by atoms with Crippen LogP contribution in [0.4, 0.5) is 8.78 Å². The van der Waals surface area contributed by atoms with E-state index in [1.54, 1.807) is 36.6 Å². The molecule has 26 heavy (non-hydrogen) atoms. The smallest absolute Gasteiger partial charge is 0.387 e. The predicted octanol–water partition coefficient (Wildman–Crippen LogP) is 3.83. The second-order valence-electron chi connectivity index (χ2n) is 5.16. The van der Waals surface area contributed by atoms with Crippen molar-refractivity contribution in [3.63, 3.8) is 0 Å². The van der Waals surface area contributed by atoms with Crippen LogP contribution in [0.3, 0.4) is 0 Å². The number of halogens is 3. The van der Waals surface area contributed by atoms with E-state index >= 15 is 0 Å². The van der Waals surface area contributed by atoms with Crippen molar-refractivity contribution in [3.8, 4) is 5.75 Å². The number of benzene rings is 1. The molecule has 0 bridgehead atoms. The van der Waals surface area contributed by atoms with Gasteiger partial charge in [0.05, 0.1) is 5.01 Å². The number of aryl methyl sites for hydroxylation is 1. The van der Waals surface area contributed by atoms with E-state index in [9.17, 15) is 8.78 Å². The van der Waals surface area contributed by atoms with Gasteiger partial charge in [0.1, 0.15) is 5.75 Å². The molecule has 0 atom stereocenters. The van der Waals surface area contributed by atoms with Gasteiger partial charge in [-0.3, -0.25) is 4.99 Å². The number of aromatic nitrogens is 1. The molecule has 9 heteroatoms. The second kappa shape index (κ2) is 12.0. The van der Waals surface area contributed by atoms with E-state index in [0.29, 0.717) is 24.6 Å². The van der Waals surface area contributed by atoms with Gasteiger partial charge in [0.2, 0.25) is 0 Å². The van der Waals surface area contributed by atoms with Crippen LogP contribution in [0, 0.1) is 0 Å². The standard InChI is InChI=1S/C17H22F2N4OS.HI/c1-3-13-11-22-15(25-13)8-9-21-17(20-2)23-10-12-6-4-5-7-14(12)24-16(18)19;/h4-7,11,16H,3,8-10H2,1-2H3,(H2,20,21,23);1H. The summed E-state index contributed by atoms with van der Waals surface area (Å²) in [5, 5.41) is 7.37. The first-order valence-corrected chi connectivity index (χ1v) is 8.84. The molecule has 0 unspecified atom stereocenters. The predicted molar refractivity (Wildman–Crippen MR) is 112 cm³/mol. The van der Waals surface area contributed by atoms with Gasteiger partial charge in [-0.2, -0.15) is 8.78 Å². The van der Waals surface area contributed by atoms with Gasteiger partial charge in [-0.15, -0.1) is 35.3 Å². The summed E-state index contributed by atoms with van der Waals surface area (Å²) in [5.74, 6) is 0.759. The lowest BCUT2D eigenvalue weighted by Crippen LogP contribution is -2.37. The maximum Gasteiger partial charge on any atom is 0.387 e. The fourth-order valence-corrected chi connectivity index (χ4v) is 3.04. The fraction of sp³-hybridized carbons (Fsp3) is 0.412. The van der Waals surface area contributed by atoms with Crippen molar-refractivity contribution in [2.45, 2.75) is 32.9 Å². The maximum absolute atomic E-state index is 12.4. The largest absolute Gasteiger partial charge is 0.434 e. The number of guanidine groups is 1. The topological polar surface area (TPSA) is 58.5 Å².